The Morgan fingerprint density at radius 1 is 1.23 bits per heavy atom. The van der Waals surface area contributed by atoms with Crippen molar-refractivity contribution in [2.45, 2.75) is 25.5 Å². The largest absolute Gasteiger partial charge is 0.483 e. The van der Waals surface area contributed by atoms with Gasteiger partial charge in [0, 0.05) is 12.2 Å². The molecule has 1 saturated heterocycles. The summed E-state index contributed by atoms with van der Waals surface area (Å²) in [6.07, 6.45) is 3.69. The Morgan fingerprint density at radius 2 is 2.05 bits per heavy atom. The first-order valence-corrected chi connectivity index (χ1v) is 7.53. The molecule has 22 heavy (non-hydrogen) atoms. The number of ether oxygens (including phenoxy) is 1. The van der Waals surface area contributed by atoms with Crippen molar-refractivity contribution in [3.8, 4) is 5.75 Å². The highest BCUT2D eigenvalue weighted by atomic mass is 19.1. The second-order valence-corrected chi connectivity index (χ2v) is 5.48. The Morgan fingerprint density at radius 3 is 2.82 bits per heavy atom. The third-order valence-electron chi connectivity index (χ3n) is 3.92. The van der Waals surface area contributed by atoms with Crippen LogP contribution >= 0.6 is 0 Å². The zero-order valence-electron chi connectivity index (χ0n) is 12.3. The number of hydrogen-bond donors (Lipinski definition) is 1. The average Bonchev–Trinajstić information content (AvgIpc) is 2.55. The Bertz CT molecular complexity index is 693. The van der Waals surface area contributed by atoms with Crippen molar-refractivity contribution in [2.24, 2.45) is 0 Å². The lowest BCUT2D eigenvalue weighted by molar-refractivity contribution is 0.290. The number of rotatable bonds is 4. The Hall–Kier alpha value is -2.14. The van der Waals surface area contributed by atoms with Gasteiger partial charge in [-0.25, -0.2) is 4.39 Å². The van der Waals surface area contributed by atoms with Gasteiger partial charge in [0.05, 0.1) is 0 Å². The van der Waals surface area contributed by atoms with E-state index < -0.39 is 0 Å². The van der Waals surface area contributed by atoms with Gasteiger partial charge < -0.3 is 14.6 Å². The van der Waals surface area contributed by atoms with Gasteiger partial charge in [0.1, 0.15) is 12.4 Å². The van der Waals surface area contributed by atoms with Crippen LogP contribution in [0, 0.1) is 5.82 Å². The Labute approximate surface area is 128 Å². The van der Waals surface area contributed by atoms with Crippen molar-refractivity contribution in [1.82, 2.24) is 9.88 Å². The van der Waals surface area contributed by atoms with E-state index in [9.17, 15) is 9.18 Å². The maximum atomic E-state index is 13.2. The van der Waals surface area contributed by atoms with Crippen molar-refractivity contribution in [1.29, 1.82) is 0 Å². The monoisotopic (exact) mass is 302 g/mol. The van der Waals surface area contributed by atoms with E-state index in [1.54, 1.807) is 22.8 Å². The molecule has 116 valence electrons. The van der Waals surface area contributed by atoms with Gasteiger partial charge >= 0.3 is 0 Å². The fraction of sp³-hybridized carbons (Fsp3) is 0.353. The van der Waals surface area contributed by atoms with E-state index in [2.05, 4.69) is 5.32 Å². The third-order valence-corrected chi connectivity index (χ3v) is 3.92. The second kappa shape index (κ2) is 6.75. The van der Waals surface area contributed by atoms with Crippen LogP contribution in [-0.4, -0.2) is 17.7 Å². The highest BCUT2D eigenvalue weighted by Crippen LogP contribution is 2.18. The Kier molecular flexibility index (Phi) is 4.53. The van der Waals surface area contributed by atoms with Crippen LogP contribution in [0.3, 0.4) is 0 Å². The third kappa shape index (κ3) is 3.36. The number of pyridine rings is 1. The smallest absolute Gasteiger partial charge is 0.293 e. The molecule has 1 aliphatic rings. The van der Waals surface area contributed by atoms with Crippen molar-refractivity contribution in [2.75, 3.05) is 13.1 Å². The lowest BCUT2D eigenvalue weighted by Crippen LogP contribution is -2.34. The fourth-order valence-corrected chi connectivity index (χ4v) is 2.76. The molecule has 1 aromatic carbocycles. The number of hydrogen-bond acceptors (Lipinski definition) is 3. The summed E-state index contributed by atoms with van der Waals surface area (Å²) >= 11 is 0. The first kappa shape index (κ1) is 14.8. The highest BCUT2D eigenvalue weighted by Gasteiger charge is 2.17. The molecular formula is C17H19FN2O2. The summed E-state index contributed by atoms with van der Waals surface area (Å²) < 4.78 is 20.5. The van der Waals surface area contributed by atoms with E-state index >= 15 is 0 Å². The number of aromatic nitrogens is 1. The molecule has 0 bridgehead atoms. The normalized spacial score (nSPS) is 15.7. The number of nitrogens with one attached hydrogen (secondary N) is 1. The van der Waals surface area contributed by atoms with Gasteiger partial charge in [-0.2, -0.15) is 0 Å². The minimum Gasteiger partial charge on any atom is -0.483 e. The van der Waals surface area contributed by atoms with Gasteiger partial charge in [-0.05, 0) is 55.8 Å². The van der Waals surface area contributed by atoms with Crippen LogP contribution in [0.1, 0.15) is 24.4 Å². The second-order valence-electron chi connectivity index (χ2n) is 5.48. The molecular weight excluding hydrogens is 283 g/mol. The lowest BCUT2D eigenvalue weighted by Gasteiger charge is -2.25. The van der Waals surface area contributed by atoms with Gasteiger partial charge in [0.15, 0.2) is 5.75 Å². The minimum absolute atomic E-state index is 0.120. The van der Waals surface area contributed by atoms with Crippen LogP contribution in [-0.2, 0) is 6.61 Å². The molecule has 0 spiro atoms. The van der Waals surface area contributed by atoms with E-state index in [-0.39, 0.29) is 24.0 Å². The summed E-state index contributed by atoms with van der Waals surface area (Å²) in [6.45, 7) is 2.03. The van der Waals surface area contributed by atoms with Crippen molar-refractivity contribution < 1.29 is 9.13 Å². The molecule has 4 nitrogen and oxygen atoms in total. The zero-order chi connectivity index (χ0) is 15.4. The van der Waals surface area contributed by atoms with E-state index in [4.69, 9.17) is 4.74 Å². The zero-order valence-corrected chi connectivity index (χ0v) is 12.3. The fourth-order valence-electron chi connectivity index (χ4n) is 2.76. The number of benzene rings is 1. The van der Waals surface area contributed by atoms with Gasteiger partial charge in [-0.3, -0.25) is 4.79 Å². The predicted octanol–water partition coefficient (Wildman–Crippen LogP) is 2.49. The number of piperidine rings is 1. The molecule has 1 aliphatic heterocycles. The van der Waals surface area contributed by atoms with Gasteiger partial charge in [-0.1, -0.05) is 12.1 Å². The standard InChI is InChI=1S/C17H19FN2O2/c18-14-4-1-3-13(11-14)12-22-16-5-2-10-20(17(16)21)15-6-8-19-9-7-15/h1-5,10-11,15,19H,6-9,12H2. The van der Waals surface area contributed by atoms with E-state index in [1.807, 2.05) is 12.3 Å². The van der Waals surface area contributed by atoms with Crippen LogP contribution in [0.4, 0.5) is 4.39 Å². The van der Waals surface area contributed by atoms with Crippen LogP contribution < -0.4 is 15.6 Å². The molecule has 0 aliphatic carbocycles. The van der Waals surface area contributed by atoms with Gasteiger partial charge in [0.2, 0.25) is 0 Å². The van der Waals surface area contributed by atoms with Crippen molar-refractivity contribution in [3.05, 3.63) is 64.3 Å². The molecule has 0 amide bonds. The van der Waals surface area contributed by atoms with Crippen molar-refractivity contribution >= 4 is 0 Å². The van der Waals surface area contributed by atoms with Crippen LogP contribution in [0.15, 0.2) is 47.4 Å². The number of nitrogens with zero attached hydrogens (tertiary/aromatic N) is 1. The highest BCUT2D eigenvalue weighted by molar-refractivity contribution is 5.20. The van der Waals surface area contributed by atoms with E-state index in [0.717, 1.165) is 25.9 Å². The Balaban J connectivity index is 1.75. The molecule has 0 unspecified atom stereocenters. The molecule has 1 fully saturated rings. The van der Waals surface area contributed by atoms with Gasteiger partial charge in [-0.15, -0.1) is 0 Å². The van der Waals surface area contributed by atoms with E-state index in [0.29, 0.717) is 11.3 Å². The molecule has 0 radical (unpaired) electrons. The summed E-state index contributed by atoms with van der Waals surface area (Å²) in [7, 11) is 0. The number of halogens is 1. The van der Waals surface area contributed by atoms with Crippen molar-refractivity contribution in [3.63, 3.8) is 0 Å². The topological polar surface area (TPSA) is 43.3 Å². The van der Waals surface area contributed by atoms with Gasteiger partial charge in [0.25, 0.3) is 5.56 Å². The van der Waals surface area contributed by atoms with Crippen LogP contribution in [0.25, 0.3) is 0 Å². The molecule has 2 aromatic rings. The lowest BCUT2D eigenvalue weighted by atomic mass is 10.1. The first-order valence-electron chi connectivity index (χ1n) is 7.53. The quantitative estimate of drug-likeness (QED) is 0.943. The maximum absolute atomic E-state index is 13.2. The minimum atomic E-state index is -0.304. The summed E-state index contributed by atoms with van der Waals surface area (Å²) in [5, 5.41) is 3.29. The molecule has 0 saturated carbocycles. The summed E-state index contributed by atoms with van der Waals surface area (Å²) in [5.74, 6) is 0.00609. The molecule has 2 heterocycles. The summed E-state index contributed by atoms with van der Waals surface area (Å²) in [6, 6.07) is 9.91. The molecule has 3 rings (SSSR count). The summed E-state index contributed by atoms with van der Waals surface area (Å²) in [5.41, 5.74) is 0.586. The molecule has 5 heteroatoms. The van der Waals surface area contributed by atoms with Crippen LogP contribution in [0.5, 0.6) is 5.75 Å². The maximum Gasteiger partial charge on any atom is 0.293 e. The SMILES string of the molecule is O=c1c(OCc2cccc(F)c2)cccn1C1CCNCC1. The van der Waals surface area contributed by atoms with E-state index in [1.165, 1.54) is 12.1 Å². The first-order chi connectivity index (χ1) is 10.7. The average molecular weight is 302 g/mol. The molecule has 1 aromatic heterocycles. The van der Waals surface area contributed by atoms with Crippen LogP contribution in [0.2, 0.25) is 0 Å². The predicted molar refractivity (Wildman–Crippen MR) is 82.6 cm³/mol. The molecule has 0 atom stereocenters. The molecule has 1 N–H and O–H groups in total. The summed E-state index contributed by atoms with van der Waals surface area (Å²) in [4.78, 5) is 12.5.